The molecule has 0 saturated carbocycles. The van der Waals surface area contributed by atoms with Gasteiger partial charge in [-0.3, -0.25) is 14.9 Å². The van der Waals surface area contributed by atoms with Crippen molar-refractivity contribution in [3.05, 3.63) is 69.8 Å². The van der Waals surface area contributed by atoms with Crippen LogP contribution in [0.3, 0.4) is 0 Å². The van der Waals surface area contributed by atoms with Gasteiger partial charge in [-0.15, -0.1) is 0 Å². The first-order chi connectivity index (χ1) is 10.6. The van der Waals surface area contributed by atoms with Gasteiger partial charge >= 0.3 is 0 Å². The number of nitrogens with zero attached hydrogens (tertiary/aromatic N) is 2. The molecule has 22 heavy (non-hydrogen) atoms. The Balaban J connectivity index is 2.04. The molecule has 0 spiro atoms. The number of hydrazone groups is 1. The maximum absolute atomic E-state index is 11.9. The molecule has 0 aromatic heterocycles. The van der Waals surface area contributed by atoms with Crippen LogP contribution < -0.4 is 10.2 Å². The molecule has 7 nitrogen and oxygen atoms in total. The zero-order valence-electron chi connectivity index (χ0n) is 11.7. The highest BCUT2D eigenvalue weighted by atomic mass is 16.6. The molecule has 2 aromatic rings. The van der Waals surface area contributed by atoms with Crippen LogP contribution in [0, 0.1) is 10.1 Å². The van der Waals surface area contributed by atoms with Gasteiger partial charge in [-0.1, -0.05) is 18.2 Å². The summed E-state index contributed by atoms with van der Waals surface area (Å²) in [5, 5.41) is 14.5. The van der Waals surface area contributed by atoms with Crippen molar-refractivity contribution >= 4 is 17.8 Å². The van der Waals surface area contributed by atoms with Gasteiger partial charge in [0.25, 0.3) is 11.6 Å². The van der Waals surface area contributed by atoms with Crippen molar-refractivity contribution < 1.29 is 14.5 Å². The van der Waals surface area contributed by atoms with Crippen molar-refractivity contribution in [3.63, 3.8) is 0 Å². The molecular formula is C15H13N3O4. The predicted molar refractivity (Wildman–Crippen MR) is 81.2 cm³/mol. The minimum Gasteiger partial charge on any atom is -0.497 e. The summed E-state index contributed by atoms with van der Waals surface area (Å²) in [6.07, 6.45) is 1.46. The first-order valence-corrected chi connectivity index (χ1v) is 6.32. The number of carbonyl (C=O) groups is 1. The molecule has 0 heterocycles. The van der Waals surface area contributed by atoms with Gasteiger partial charge in [0.05, 0.1) is 18.2 Å². The van der Waals surface area contributed by atoms with Crippen LogP contribution in [0.2, 0.25) is 0 Å². The Bertz CT molecular complexity index is 728. The average molecular weight is 299 g/mol. The largest absolute Gasteiger partial charge is 0.497 e. The third-order valence-corrected chi connectivity index (χ3v) is 2.79. The molecule has 2 rings (SSSR count). The van der Waals surface area contributed by atoms with Crippen LogP contribution in [0.5, 0.6) is 5.75 Å². The summed E-state index contributed by atoms with van der Waals surface area (Å²) in [7, 11) is 1.56. The quantitative estimate of drug-likeness (QED) is 0.521. The molecule has 112 valence electrons. The van der Waals surface area contributed by atoms with Crippen molar-refractivity contribution in [2.45, 2.75) is 0 Å². The fourth-order valence-corrected chi connectivity index (χ4v) is 1.71. The number of ether oxygens (including phenoxy) is 1. The van der Waals surface area contributed by atoms with E-state index in [1.54, 1.807) is 31.4 Å². The van der Waals surface area contributed by atoms with E-state index in [0.29, 0.717) is 5.75 Å². The molecule has 0 fully saturated rings. The van der Waals surface area contributed by atoms with Crippen molar-refractivity contribution in [2.75, 3.05) is 7.11 Å². The first-order valence-electron chi connectivity index (χ1n) is 6.32. The first kappa shape index (κ1) is 15.2. The molecule has 1 N–H and O–H groups in total. The number of rotatable bonds is 5. The number of carbonyl (C=O) groups excluding carboxylic acids is 1. The van der Waals surface area contributed by atoms with Gasteiger partial charge in [0, 0.05) is 17.7 Å². The van der Waals surface area contributed by atoms with Crippen molar-refractivity contribution in [2.24, 2.45) is 5.10 Å². The zero-order chi connectivity index (χ0) is 15.9. The van der Waals surface area contributed by atoms with Gasteiger partial charge < -0.3 is 4.74 Å². The molecule has 0 unspecified atom stereocenters. The normalized spacial score (nSPS) is 10.4. The Morgan fingerprint density at radius 1 is 1.27 bits per heavy atom. The summed E-state index contributed by atoms with van der Waals surface area (Å²) in [5.41, 5.74) is 3.08. The van der Waals surface area contributed by atoms with E-state index in [1.807, 2.05) is 0 Å². The van der Waals surface area contributed by atoms with E-state index in [1.165, 1.54) is 30.5 Å². The fraction of sp³-hybridized carbons (Fsp3) is 0.0667. The van der Waals surface area contributed by atoms with E-state index in [0.717, 1.165) is 5.56 Å². The molecule has 0 saturated heterocycles. The Labute approximate surface area is 126 Å². The second-order valence-corrected chi connectivity index (χ2v) is 4.28. The van der Waals surface area contributed by atoms with Gasteiger partial charge in [0.1, 0.15) is 5.75 Å². The molecule has 7 heteroatoms. The van der Waals surface area contributed by atoms with E-state index in [9.17, 15) is 14.9 Å². The fourth-order valence-electron chi connectivity index (χ4n) is 1.71. The Hall–Kier alpha value is -3.22. The number of nitrogens with one attached hydrogen (secondary N) is 1. The number of nitro benzene ring substituents is 1. The number of non-ortho nitro benzene ring substituents is 1. The lowest BCUT2D eigenvalue weighted by Crippen LogP contribution is -2.17. The van der Waals surface area contributed by atoms with Crippen LogP contribution in [0.1, 0.15) is 15.9 Å². The summed E-state index contributed by atoms with van der Waals surface area (Å²) in [5.74, 6) is 0.150. The number of nitro groups is 1. The predicted octanol–water partition coefficient (Wildman–Crippen LogP) is 2.37. The van der Waals surface area contributed by atoms with Crippen LogP contribution in [0.25, 0.3) is 0 Å². The minimum absolute atomic E-state index is 0.149. The van der Waals surface area contributed by atoms with E-state index in [-0.39, 0.29) is 11.3 Å². The molecule has 0 bridgehead atoms. The van der Waals surface area contributed by atoms with Crippen LogP contribution in [0.15, 0.2) is 53.6 Å². The number of methoxy groups -OCH3 is 1. The van der Waals surface area contributed by atoms with Crippen LogP contribution in [-0.2, 0) is 0 Å². The number of amides is 1. The van der Waals surface area contributed by atoms with Gasteiger partial charge in [-0.2, -0.15) is 5.10 Å². The maximum atomic E-state index is 11.9. The van der Waals surface area contributed by atoms with Crippen LogP contribution in [0.4, 0.5) is 5.69 Å². The van der Waals surface area contributed by atoms with Crippen LogP contribution in [-0.4, -0.2) is 24.2 Å². The van der Waals surface area contributed by atoms with Crippen molar-refractivity contribution in [3.8, 4) is 5.75 Å². The van der Waals surface area contributed by atoms with Gasteiger partial charge in [0.15, 0.2) is 0 Å². The molecule has 0 aliphatic carbocycles. The van der Waals surface area contributed by atoms with E-state index in [2.05, 4.69) is 10.5 Å². The molecule has 2 aromatic carbocycles. The van der Waals surface area contributed by atoms with Gasteiger partial charge in [0.2, 0.25) is 0 Å². The molecule has 0 aliphatic heterocycles. The van der Waals surface area contributed by atoms with Gasteiger partial charge in [-0.25, -0.2) is 5.43 Å². The Morgan fingerprint density at radius 2 is 2.05 bits per heavy atom. The third kappa shape index (κ3) is 3.89. The smallest absolute Gasteiger partial charge is 0.271 e. The Morgan fingerprint density at radius 3 is 2.77 bits per heavy atom. The summed E-state index contributed by atoms with van der Waals surface area (Å²) < 4.78 is 5.07. The summed E-state index contributed by atoms with van der Waals surface area (Å²) in [4.78, 5) is 22.0. The lowest BCUT2D eigenvalue weighted by Gasteiger charge is -2.01. The third-order valence-electron chi connectivity index (χ3n) is 2.79. The average Bonchev–Trinajstić information content (AvgIpc) is 2.55. The van der Waals surface area contributed by atoms with E-state index < -0.39 is 10.8 Å². The number of hydrogen-bond acceptors (Lipinski definition) is 5. The second-order valence-electron chi connectivity index (χ2n) is 4.28. The number of benzene rings is 2. The minimum atomic E-state index is -0.559. The van der Waals surface area contributed by atoms with Crippen LogP contribution >= 0.6 is 0 Å². The maximum Gasteiger partial charge on any atom is 0.271 e. The van der Waals surface area contributed by atoms with E-state index >= 15 is 0 Å². The Kier molecular flexibility index (Phi) is 4.81. The highest BCUT2D eigenvalue weighted by Gasteiger charge is 2.10. The highest BCUT2D eigenvalue weighted by molar-refractivity contribution is 5.95. The van der Waals surface area contributed by atoms with Crippen molar-refractivity contribution in [1.29, 1.82) is 0 Å². The molecular weight excluding hydrogens is 286 g/mol. The molecule has 0 atom stereocenters. The lowest BCUT2D eigenvalue weighted by atomic mass is 10.2. The monoisotopic (exact) mass is 299 g/mol. The molecule has 1 amide bonds. The topological polar surface area (TPSA) is 93.8 Å². The second kappa shape index (κ2) is 6.98. The lowest BCUT2D eigenvalue weighted by molar-refractivity contribution is -0.384. The van der Waals surface area contributed by atoms with E-state index in [4.69, 9.17) is 4.74 Å². The number of hydrogen-bond donors (Lipinski definition) is 1. The summed E-state index contributed by atoms with van der Waals surface area (Å²) in [6.45, 7) is 0. The van der Waals surface area contributed by atoms with Crippen molar-refractivity contribution in [1.82, 2.24) is 5.43 Å². The summed E-state index contributed by atoms with van der Waals surface area (Å²) in [6, 6.07) is 12.6. The van der Waals surface area contributed by atoms with Gasteiger partial charge in [-0.05, 0) is 23.8 Å². The summed E-state index contributed by atoms with van der Waals surface area (Å²) >= 11 is 0. The SMILES string of the molecule is COc1cccc(/C=N/NC(=O)c2cccc([N+](=O)[O-])c2)c1. The highest BCUT2D eigenvalue weighted by Crippen LogP contribution is 2.13. The standard InChI is InChI=1S/C15H13N3O4/c1-22-14-7-2-4-11(8-14)10-16-17-15(19)12-5-3-6-13(9-12)18(20)21/h2-10H,1H3,(H,17,19)/b16-10+. The molecule has 0 radical (unpaired) electrons. The zero-order valence-corrected chi connectivity index (χ0v) is 11.7. The molecule has 0 aliphatic rings.